The maximum atomic E-state index is 13.1. The Kier molecular flexibility index (Phi) is 6.40. The Morgan fingerprint density at radius 2 is 1.96 bits per heavy atom. The Morgan fingerprint density at radius 1 is 1.29 bits per heavy atom. The minimum absolute atomic E-state index is 0.0274. The fraction of sp³-hybridized carbons (Fsp3) is 0.524. The average molecular weight is 398 g/mol. The summed E-state index contributed by atoms with van der Waals surface area (Å²) in [5.41, 5.74) is 0.336. The number of carbonyl (C=O) groups is 1. The van der Waals surface area contributed by atoms with Crippen LogP contribution in [0.15, 0.2) is 35.5 Å². The molecule has 0 spiro atoms. The molecule has 2 aromatic rings. The van der Waals surface area contributed by atoms with Crippen molar-refractivity contribution in [3.63, 3.8) is 0 Å². The Labute approximate surface area is 170 Å². The van der Waals surface area contributed by atoms with E-state index in [1.165, 1.54) is 11.8 Å². The highest BCUT2D eigenvalue weighted by Crippen LogP contribution is 2.34. The fourth-order valence-electron chi connectivity index (χ4n) is 3.81. The van der Waals surface area contributed by atoms with Crippen LogP contribution in [0.1, 0.15) is 46.0 Å². The summed E-state index contributed by atoms with van der Waals surface area (Å²) in [5, 5.41) is 18.8. The summed E-state index contributed by atoms with van der Waals surface area (Å²) < 4.78 is 2.03. The molecule has 1 aromatic heterocycles. The van der Waals surface area contributed by atoms with E-state index < -0.39 is 5.54 Å². The molecule has 0 saturated heterocycles. The number of benzene rings is 1. The quantitative estimate of drug-likeness (QED) is 0.685. The summed E-state index contributed by atoms with van der Waals surface area (Å²) in [5.74, 6) is 0.778. The molecule has 1 aromatic carbocycles. The van der Waals surface area contributed by atoms with Crippen molar-refractivity contribution in [2.24, 2.45) is 0 Å². The minimum atomic E-state index is -0.669. The van der Waals surface area contributed by atoms with E-state index in [2.05, 4.69) is 16.3 Å². The summed E-state index contributed by atoms with van der Waals surface area (Å²) in [6.45, 7) is 4.65. The molecule has 6 nitrogen and oxygen atoms in total. The molecule has 1 heterocycles. The SMILES string of the molecule is CCn1c(S[C@@H](C)C(=O)N(C)C2(C#N)CCCCC2)nnc1-c1ccccc1. The van der Waals surface area contributed by atoms with Crippen LogP contribution < -0.4 is 0 Å². The number of hydrogen-bond donors (Lipinski definition) is 0. The normalized spacial score (nSPS) is 16.9. The topological polar surface area (TPSA) is 74.8 Å². The first-order chi connectivity index (χ1) is 13.5. The third kappa shape index (κ3) is 3.93. The van der Waals surface area contributed by atoms with E-state index >= 15 is 0 Å². The number of nitrogens with zero attached hydrogens (tertiary/aromatic N) is 5. The van der Waals surface area contributed by atoms with Crippen molar-refractivity contribution >= 4 is 17.7 Å². The van der Waals surface area contributed by atoms with Crippen LogP contribution in [0.2, 0.25) is 0 Å². The van der Waals surface area contributed by atoms with Gasteiger partial charge in [0.25, 0.3) is 0 Å². The van der Waals surface area contributed by atoms with Crippen molar-refractivity contribution in [2.75, 3.05) is 7.05 Å². The minimum Gasteiger partial charge on any atom is -0.326 e. The monoisotopic (exact) mass is 397 g/mol. The van der Waals surface area contributed by atoms with Crippen molar-refractivity contribution in [1.82, 2.24) is 19.7 Å². The van der Waals surface area contributed by atoms with Crippen LogP contribution in [0.4, 0.5) is 0 Å². The Bertz CT molecular complexity index is 851. The average Bonchev–Trinajstić information content (AvgIpc) is 3.16. The fourth-order valence-corrected chi connectivity index (χ4v) is 4.82. The van der Waals surface area contributed by atoms with Crippen molar-refractivity contribution in [1.29, 1.82) is 5.26 Å². The summed E-state index contributed by atoms with van der Waals surface area (Å²) in [4.78, 5) is 14.8. The van der Waals surface area contributed by atoms with Gasteiger partial charge in [-0.15, -0.1) is 10.2 Å². The zero-order valence-corrected chi connectivity index (χ0v) is 17.6. The third-order valence-corrected chi connectivity index (χ3v) is 6.62. The molecule has 7 heteroatoms. The standard InChI is InChI=1S/C21H27N5OS/c1-4-26-18(17-11-7-5-8-12-17)23-24-20(26)28-16(2)19(27)25(3)21(15-22)13-9-6-10-14-21/h5,7-8,11-12,16H,4,6,9-10,13-14H2,1-3H3/t16-/m0/s1. The van der Waals surface area contributed by atoms with E-state index in [9.17, 15) is 10.1 Å². The Hall–Kier alpha value is -2.33. The second kappa shape index (κ2) is 8.78. The zero-order valence-electron chi connectivity index (χ0n) is 16.8. The van der Waals surface area contributed by atoms with Crippen molar-refractivity contribution in [3.8, 4) is 17.5 Å². The maximum Gasteiger partial charge on any atom is 0.236 e. The summed E-state index contributed by atoms with van der Waals surface area (Å²) >= 11 is 1.41. The van der Waals surface area contributed by atoms with Crippen LogP contribution in [0.25, 0.3) is 11.4 Å². The lowest BCUT2D eigenvalue weighted by molar-refractivity contribution is -0.133. The van der Waals surface area contributed by atoms with Gasteiger partial charge in [-0.25, -0.2) is 0 Å². The Morgan fingerprint density at radius 3 is 2.57 bits per heavy atom. The first-order valence-electron chi connectivity index (χ1n) is 9.86. The molecular weight excluding hydrogens is 370 g/mol. The van der Waals surface area contributed by atoms with E-state index in [1.54, 1.807) is 11.9 Å². The summed E-state index contributed by atoms with van der Waals surface area (Å²) in [6.07, 6.45) is 4.64. The first-order valence-corrected chi connectivity index (χ1v) is 10.7. The lowest BCUT2D eigenvalue weighted by atomic mass is 9.81. The van der Waals surface area contributed by atoms with Gasteiger partial charge in [0.15, 0.2) is 11.0 Å². The van der Waals surface area contributed by atoms with Crippen LogP contribution >= 0.6 is 11.8 Å². The predicted molar refractivity (Wildman–Crippen MR) is 111 cm³/mol. The number of aromatic nitrogens is 3. The van der Waals surface area contributed by atoms with E-state index in [1.807, 2.05) is 48.7 Å². The van der Waals surface area contributed by atoms with Crippen molar-refractivity contribution in [3.05, 3.63) is 30.3 Å². The van der Waals surface area contributed by atoms with E-state index in [0.29, 0.717) is 0 Å². The first kappa shape index (κ1) is 20.4. The molecule has 0 bridgehead atoms. The van der Waals surface area contributed by atoms with Gasteiger partial charge >= 0.3 is 0 Å². The predicted octanol–water partition coefficient (Wildman–Crippen LogP) is 4.13. The smallest absolute Gasteiger partial charge is 0.236 e. The van der Waals surface area contributed by atoms with Crippen molar-refractivity contribution in [2.45, 2.75) is 68.4 Å². The van der Waals surface area contributed by atoms with Gasteiger partial charge in [-0.1, -0.05) is 61.4 Å². The van der Waals surface area contributed by atoms with Crippen molar-refractivity contribution < 1.29 is 4.79 Å². The van der Waals surface area contributed by atoms with E-state index in [-0.39, 0.29) is 11.2 Å². The van der Waals surface area contributed by atoms with Gasteiger partial charge in [-0.3, -0.25) is 4.79 Å². The van der Waals surface area contributed by atoms with Gasteiger partial charge in [-0.05, 0) is 26.7 Å². The lowest BCUT2D eigenvalue weighted by Crippen LogP contribution is -2.52. The molecule has 1 saturated carbocycles. The molecule has 1 amide bonds. The van der Waals surface area contributed by atoms with Crippen LogP contribution in [0.5, 0.6) is 0 Å². The number of thioether (sulfide) groups is 1. The molecule has 3 rings (SSSR count). The molecule has 0 radical (unpaired) electrons. The Balaban J connectivity index is 1.77. The second-order valence-electron chi connectivity index (χ2n) is 7.28. The number of hydrogen-bond acceptors (Lipinski definition) is 5. The lowest BCUT2D eigenvalue weighted by Gasteiger charge is -2.40. The number of amides is 1. The molecule has 1 aliphatic rings. The van der Waals surface area contributed by atoms with Crippen LogP contribution in [-0.4, -0.2) is 43.4 Å². The second-order valence-corrected chi connectivity index (χ2v) is 8.59. The van der Waals surface area contributed by atoms with Gasteiger partial charge < -0.3 is 9.47 Å². The molecule has 0 aliphatic heterocycles. The number of nitriles is 1. The molecule has 148 valence electrons. The van der Waals surface area contributed by atoms with Gasteiger partial charge in [0, 0.05) is 19.2 Å². The molecule has 28 heavy (non-hydrogen) atoms. The van der Waals surface area contributed by atoms with E-state index in [0.717, 1.165) is 55.2 Å². The summed E-state index contributed by atoms with van der Waals surface area (Å²) in [7, 11) is 1.77. The maximum absolute atomic E-state index is 13.1. The molecule has 0 unspecified atom stereocenters. The highest BCUT2D eigenvalue weighted by molar-refractivity contribution is 8.00. The highest BCUT2D eigenvalue weighted by atomic mass is 32.2. The third-order valence-electron chi connectivity index (χ3n) is 5.56. The molecule has 1 fully saturated rings. The van der Waals surface area contributed by atoms with E-state index in [4.69, 9.17) is 0 Å². The van der Waals surface area contributed by atoms with Crippen LogP contribution in [0.3, 0.4) is 0 Å². The molecule has 1 atom stereocenters. The van der Waals surface area contributed by atoms with Gasteiger partial charge in [0.1, 0.15) is 5.54 Å². The van der Waals surface area contributed by atoms with Gasteiger partial charge in [0.05, 0.1) is 11.3 Å². The van der Waals surface area contributed by atoms with Gasteiger partial charge in [0.2, 0.25) is 5.91 Å². The zero-order chi connectivity index (χ0) is 20.1. The highest BCUT2D eigenvalue weighted by Gasteiger charge is 2.40. The van der Waals surface area contributed by atoms with Crippen LogP contribution in [0, 0.1) is 11.3 Å². The molecule has 0 N–H and O–H groups in total. The number of rotatable bonds is 6. The molecular formula is C21H27N5OS. The van der Waals surface area contributed by atoms with Crippen LogP contribution in [-0.2, 0) is 11.3 Å². The van der Waals surface area contributed by atoms with Gasteiger partial charge in [-0.2, -0.15) is 5.26 Å². The largest absolute Gasteiger partial charge is 0.326 e. The number of carbonyl (C=O) groups excluding carboxylic acids is 1. The molecule has 1 aliphatic carbocycles. The summed E-state index contributed by atoms with van der Waals surface area (Å²) in [6, 6.07) is 12.4.